The van der Waals surface area contributed by atoms with Crippen molar-refractivity contribution >= 4 is 11.6 Å². The highest BCUT2D eigenvalue weighted by atomic mass is 35.5. The van der Waals surface area contributed by atoms with Crippen molar-refractivity contribution in [2.24, 2.45) is 0 Å². The molecular formula is C13H5ClFN3. The summed E-state index contributed by atoms with van der Waals surface area (Å²) in [5.41, 5.74) is 0.358. The standard InChI is InChI=1S/C13H5ClFN3/c14-10-5-8(6-16)12(7-17)18-13(10)9-3-1-2-4-11(9)15/h1-5H. The molecule has 0 radical (unpaired) electrons. The fourth-order valence-electron chi connectivity index (χ4n) is 1.50. The maximum Gasteiger partial charge on any atom is 0.159 e. The van der Waals surface area contributed by atoms with Crippen molar-refractivity contribution < 1.29 is 4.39 Å². The number of aromatic nitrogens is 1. The van der Waals surface area contributed by atoms with Crippen LogP contribution in [0, 0.1) is 28.5 Å². The Bertz CT molecular complexity index is 698. The molecule has 0 fully saturated rings. The Morgan fingerprint density at radius 1 is 1.17 bits per heavy atom. The number of halogens is 2. The van der Waals surface area contributed by atoms with E-state index < -0.39 is 5.82 Å². The number of nitriles is 2. The van der Waals surface area contributed by atoms with Crippen molar-refractivity contribution in [3.63, 3.8) is 0 Å². The number of nitrogens with zero attached hydrogens (tertiary/aromatic N) is 3. The number of hydrogen-bond donors (Lipinski definition) is 0. The monoisotopic (exact) mass is 257 g/mol. The van der Waals surface area contributed by atoms with Gasteiger partial charge >= 0.3 is 0 Å². The first-order valence-corrected chi connectivity index (χ1v) is 5.31. The average molecular weight is 258 g/mol. The van der Waals surface area contributed by atoms with Gasteiger partial charge in [-0.1, -0.05) is 23.7 Å². The van der Waals surface area contributed by atoms with Gasteiger partial charge in [-0.2, -0.15) is 10.5 Å². The van der Waals surface area contributed by atoms with Gasteiger partial charge in [0, 0.05) is 5.56 Å². The molecule has 2 aromatic rings. The molecule has 0 amide bonds. The van der Waals surface area contributed by atoms with E-state index in [1.54, 1.807) is 18.2 Å². The molecule has 0 bridgehead atoms. The van der Waals surface area contributed by atoms with Gasteiger partial charge in [0.25, 0.3) is 0 Å². The van der Waals surface area contributed by atoms with Crippen molar-refractivity contribution in [1.29, 1.82) is 10.5 Å². The molecule has 0 atom stereocenters. The van der Waals surface area contributed by atoms with Gasteiger partial charge in [0.2, 0.25) is 0 Å². The van der Waals surface area contributed by atoms with E-state index in [2.05, 4.69) is 4.98 Å². The Morgan fingerprint density at radius 3 is 2.50 bits per heavy atom. The van der Waals surface area contributed by atoms with Crippen LogP contribution in [0.25, 0.3) is 11.3 Å². The van der Waals surface area contributed by atoms with Crippen LogP contribution in [-0.4, -0.2) is 4.98 Å². The van der Waals surface area contributed by atoms with Crippen molar-refractivity contribution in [3.8, 4) is 23.4 Å². The zero-order valence-corrected chi connectivity index (χ0v) is 9.74. The first kappa shape index (κ1) is 12.0. The number of benzene rings is 1. The third-order valence-electron chi connectivity index (χ3n) is 2.33. The van der Waals surface area contributed by atoms with Crippen LogP contribution in [0.2, 0.25) is 5.02 Å². The fourth-order valence-corrected chi connectivity index (χ4v) is 1.75. The van der Waals surface area contributed by atoms with Crippen LogP contribution >= 0.6 is 11.6 Å². The van der Waals surface area contributed by atoms with Crippen molar-refractivity contribution in [1.82, 2.24) is 4.98 Å². The molecule has 0 unspecified atom stereocenters. The number of rotatable bonds is 1. The molecule has 0 saturated carbocycles. The maximum atomic E-state index is 13.6. The molecular weight excluding hydrogens is 253 g/mol. The lowest BCUT2D eigenvalue weighted by Gasteiger charge is -2.06. The van der Waals surface area contributed by atoms with E-state index in [9.17, 15) is 4.39 Å². The quantitative estimate of drug-likeness (QED) is 0.788. The molecule has 5 heteroatoms. The van der Waals surface area contributed by atoms with Crippen LogP contribution in [0.5, 0.6) is 0 Å². The van der Waals surface area contributed by atoms with Gasteiger partial charge < -0.3 is 0 Å². The van der Waals surface area contributed by atoms with E-state index in [1.807, 2.05) is 6.07 Å². The summed E-state index contributed by atoms with van der Waals surface area (Å²) >= 11 is 5.95. The third-order valence-corrected chi connectivity index (χ3v) is 2.62. The third kappa shape index (κ3) is 2.02. The molecule has 1 aromatic carbocycles. The molecule has 0 aliphatic rings. The number of pyridine rings is 1. The van der Waals surface area contributed by atoms with Crippen molar-refractivity contribution in [2.45, 2.75) is 0 Å². The molecule has 0 spiro atoms. The van der Waals surface area contributed by atoms with Crippen LogP contribution in [0.4, 0.5) is 4.39 Å². The van der Waals surface area contributed by atoms with E-state index in [4.69, 9.17) is 22.1 Å². The zero-order valence-electron chi connectivity index (χ0n) is 8.98. The Labute approximate surface area is 108 Å². The normalized spacial score (nSPS) is 9.56. The second-order valence-electron chi connectivity index (χ2n) is 3.42. The first-order valence-electron chi connectivity index (χ1n) is 4.93. The molecule has 1 aromatic heterocycles. The van der Waals surface area contributed by atoms with Crippen LogP contribution in [0.15, 0.2) is 30.3 Å². The second kappa shape index (κ2) is 4.83. The topological polar surface area (TPSA) is 60.5 Å². The van der Waals surface area contributed by atoms with Crippen molar-refractivity contribution in [3.05, 3.63) is 52.4 Å². The van der Waals surface area contributed by atoms with E-state index in [1.165, 1.54) is 18.2 Å². The van der Waals surface area contributed by atoms with Crippen LogP contribution in [-0.2, 0) is 0 Å². The Morgan fingerprint density at radius 2 is 1.89 bits per heavy atom. The van der Waals surface area contributed by atoms with Gasteiger partial charge in [-0.15, -0.1) is 0 Å². The summed E-state index contributed by atoms with van der Waals surface area (Å²) in [5, 5.41) is 17.8. The SMILES string of the molecule is N#Cc1cc(Cl)c(-c2ccccc2F)nc1C#N. The Balaban J connectivity index is 2.72. The highest BCUT2D eigenvalue weighted by molar-refractivity contribution is 6.33. The second-order valence-corrected chi connectivity index (χ2v) is 3.83. The number of hydrogen-bond acceptors (Lipinski definition) is 3. The summed E-state index contributed by atoms with van der Waals surface area (Å²) in [6, 6.07) is 10.9. The smallest absolute Gasteiger partial charge is 0.159 e. The van der Waals surface area contributed by atoms with Crippen molar-refractivity contribution in [2.75, 3.05) is 0 Å². The lowest BCUT2D eigenvalue weighted by Crippen LogP contribution is -1.95. The molecule has 0 saturated heterocycles. The van der Waals surface area contributed by atoms with E-state index in [-0.39, 0.29) is 27.5 Å². The highest BCUT2D eigenvalue weighted by Crippen LogP contribution is 2.29. The first-order chi connectivity index (χ1) is 8.67. The summed E-state index contributed by atoms with van der Waals surface area (Å²) in [7, 11) is 0. The largest absolute Gasteiger partial charge is 0.234 e. The molecule has 0 aliphatic heterocycles. The van der Waals surface area contributed by atoms with Gasteiger partial charge in [-0.3, -0.25) is 0 Å². The van der Waals surface area contributed by atoms with Gasteiger partial charge in [-0.05, 0) is 18.2 Å². The zero-order chi connectivity index (χ0) is 13.1. The van der Waals surface area contributed by atoms with Gasteiger partial charge in [0.05, 0.1) is 16.3 Å². The molecule has 86 valence electrons. The minimum atomic E-state index is -0.486. The summed E-state index contributed by atoms with van der Waals surface area (Å²) in [4.78, 5) is 3.94. The maximum absolute atomic E-state index is 13.6. The molecule has 2 rings (SSSR count). The Hall–Kier alpha value is -2.43. The van der Waals surface area contributed by atoms with Gasteiger partial charge in [0.1, 0.15) is 18.0 Å². The van der Waals surface area contributed by atoms with E-state index in [0.717, 1.165) is 0 Å². The highest BCUT2D eigenvalue weighted by Gasteiger charge is 2.14. The minimum Gasteiger partial charge on any atom is -0.234 e. The minimum absolute atomic E-state index is 0.0693. The lowest BCUT2D eigenvalue weighted by molar-refractivity contribution is 0.630. The predicted octanol–water partition coefficient (Wildman–Crippen LogP) is 3.28. The summed E-state index contributed by atoms with van der Waals surface area (Å²) in [5.74, 6) is -0.486. The average Bonchev–Trinajstić information content (AvgIpc) is 2.39. The molecule has 0 N–H and O–H groups in total. The van der Waals surface area contributed by atoms with Gasteiger partial charge in [-0.25, -0.2) is 9.37 Å². The van der Waals surface area contributed by atoms with Crippen LogP contribution < -0.4 is 0 Å². The molecule has 18 heavy (non-hydrogen) atoms. The summed E-state index contributed by atoms with van der Waals surface area (Å²) in [6.45, 7) is 0. The Kier molecular flexibility index (Phi) is 3.23. The summed E-state index contributed by atoms with van der Waals surface area (Å²) < 4.78 is 13.6. The molecule has 3 nitrogen and oxygen atoms in total. The molecule has 1 heterocycles. The van der Waals surface area contributed by atoms with Gasteiger partial charge in [0.15, 0.2) is 5.69 Å². The summed E-state index contributed by atoms with van der Waals surface area (Å²) in [6.07, 6.45) is 0. The van der Waals surface area contributed by atoms with Crippen LogP contribution in [0.3, 0.4) is 0 Å². The lowest BCUT2D eigenvalue weighted by atomic mass is 10.1. The van der Waals surface area contributed by atoms with E-state index >= 15 is 0 Å². The fraction of sp³-hybridized carbons (Fsp3) is 0. The van der Waals surface area contributed by atoms with E-state index in [0.29, 0.717) is 0 Å². The predicted molar refractivity (Wildman–Crippen MR) is 64.1 cm³/mol. The molecule has 0 aliphatic carbocycles. The van der Waals surface area contributed by atoms with Crippen LogP contribution in [0.1, 0.15) is 11.3 Å².